The third kappa shape index (κ3) is 4.99. The van der Waals surface area contributed by atoms with E-state index >= 15 is 0 Å². The Morgan fingerprint density at radius 1 is 1.16 bits per heavy atom. The van der Waals surface area contributed by atoms with Crippen molar-refractivity contribution in [2.75, 3.05) is 14.2 Å². The highest BCUT2D eigenvalue weighted by atomic mass is 16.5. The largest absolute Gasteiger partial charge is 0.489 e. The predicted octanol–water partition coefficient (Wildman–Crippen LogP) is 3.59. The summed E-state index contributed by atoms with van der Waals surface area (Å²) in [4.78, 5) is 12.0. The maximum atomic E-state index is 12.0. The summed E-state index contributed by atoms with van der Waals surface area (Å²) in [6.45, 7) is 0.509. The number of rotatable bonds is 8. The zero-order valence-electron chi connectivity index (χ0n) is 18.8. The molecule has 1 aliphatic carbocycles. The van der Waals surface area contributed by atoms with E-state index in [9.17, 15) is 4.79 Å². The number of hydrogen-bond donors (Lipinski definition) is 0. The predicted molar refractivity (Wildman–Crippen MR) is 120 cm³/mol. The molecule has 7 nitrogen and oxygen atoms in total. The van der Waals surface area contributed by atoms with Crippen molar-refractivity contribution < 1.29 is 19.0 Å². The average molecular weight is 436 g/mol. The van der Waals surface area contributed by atoms with Gasteiger partial charge in [-0.3, -0.25) is 4.79 Å². The molecule has 1 heterocycles. The number of carbonyl (C=O) groups is 1. The molecule has 0 saturated carbocycles. The molecule has 0 amide bonds. The minimum Gasteiger partial charge on any atom is -0.489 e. The standard InChI is InChI=1S/C25H29N3O4/c1-28-16-26-27-25(28)23(14-24(29)31-3)18-6-9-21(10-7-18)32-15-17-4-5-20-13-22(30-2)11-8-19(20)12-17/h4-7,9-10,12,16,22-23H,8,11,13-15H2,1-3H3. The Morgan fingerprint density at radius 2 is 1.97 bits per heavy atom. The normalized spacial score (nSPS) is 16.3. The van der Waals surface area contributed by atoms with Gasteiger partial charge < -0.3 is 18.8 Å². The average Bonchev–Trinajstić information content (AvgIpc) is 3.26. The van der Waals surface area contributed by atoms with Gasteiger partial charge in [0.05, 0.1) is 25.6 Å². The molecule has 168 valence electrons. The van der Waals surface area contributed by atoms with Gasteiger partial charge in [0.15, 0.2) is 0 Å². The summed E-state index contributed by atoms with van der Waals surface area (Å²) in [5, 5.41) is 8.14. The highest BCUT2D eigenvalue weighted by molar-refractivity contribution is 5.71. The second kappa shape index (κ2) is 9.96. The van der Waals surface area contributed by atoms with Crippen molar-refractivity contribution in [1.29, 1.82) is 0 Å². The minimum atomic E-state index is -0.289. The van der Waals surface area contributed by atoms with E-state index in [0.717, 1.165) is 36.1 Å². The molecule has 2 unspecified atom stereocenters. The summed E-state index contributed by atoms with van der Waals surface area (Å²) in [5.41, 5.74) is 4.88. The number of fused-ring (bicyclic) bond motifs is 1. The highest BCUT2D eigenvalue weighted by Gasteiger charge is 2.23. The number of esters is 1. The SMILES string of the molecule is COC(=O)CC(c1ccc(OCc2ccc3c(c2)CCC(OC)C3)cc1)c1nncn1C. The van der Waals surface area contributed by atoms with Crippen molar-refractivity contribution in [1.82, 2.24) is 14.8 Å². The lowest BCUT2D eigenvalue weighted by Gasteiger charge is -2.24. The van der Waals surface area contributed by atoms with Gasteiger partial charge in [0.25, 0.3) is 0 Å². The summed E-state index contributed by atoms with van der Waals surface area (Å²) in [5.74, 6) is 0.970. The zero-order chi connectivity index (χ0) is 22.5. The molecule has 2 atom stereocenters. The molecule has 7 heteroatoms. The third-order valence-corrected chi connectivity index (χ3v) is 6.13. The second-order valence-electron chi connectivity index (χ2n) is 8.19. The summed E-state index contributed by atoms with van der Waals surface area (Å²) in [6, 6.07) is 14.4. The van der Waals surface area contributed by atoms with Gasteiger partial charge in [0, 0.05) is 14.2 Å². The molecule has 4 rings (SSSR count). The van der Waals surface area contributed by atoms with E-state index < -0.39 is 0 Å². The summed E-state index contributed by atoms with van der Waals surface area (Å²) in [7, 11) is 5.04. The molecule has 0 saturated heterocycles. The molecular weight excluding hydrogens is 406 g/mol. The van der Waals surface area contributed by atoms with Gasteiger partial charge >= 0.3 is 5.97 Å². The molecule has 1 aromatic heterocycles. The first-order valence-electron chi connectivity index (χ1n) is 10.8. The van der Waals surface area contributed by atoms with Crippen LogP contribution in [0.2, 0.25) is 0 Å². The van der Waals surface area contributed by atoms with Crippen molar-refractivity contribution >= 4 is 5.97 Å². The van der Waals surface area contributed by atoms with E-state index in [1.807, 2.05) is 35.9 Å². The third-order valence-electron chi connectivity index (χ3n) is 6.13. The fourth-order valence-corrected chi connectivity index (χ4v) is 4.24. The van der Waals surface area contributed by atoms with E-state index in [2.05, 4.69) is 28.4 Å². The molecule has 0 N–H and O–H groups in total. The maximum absolute atomic E-state index is 12.0. The van der Waals surface area contributed by atoms with Crippen LogP contribution in [-0.2, 0) is 40.8 Å². The lowest BCUT2D eigenvalue weighted by molar-refractivity contribution is -0.140. The van der Waals surface area contributed by atoms with Crippen LogP contribution >= 0.6 is 0 Å². The van der Waals surface area contributed by atoms with Gasteiger partial charge in [0.1, 0.15) is 24.5 Å². The molecular formula is C25H29N3O4. The van der Waals surface area contributed by atoms with Crippen molar-refractivity contribution in [3.8, 4) is 5.75 Å². The first-order chi connectivity index (χ1) is 15.6. The summed E-state index contributed by atoms with van der Waals surface area (Å²) >= 11 is 0. The molecule has 3 aromatic rings. The van der Waals surface area contributed by atoms with Crippen LogP contribution < -0.4 is 4.74 Å². The van der Waals surface area contributed by atoms with Crippen molar-refractivity contribution in [3.63, 3.8) is 0 Å². The van der Waals surface area contributed by atoms with Gasteiger partial charge in [0.2, 0.25) is 0 Å². The van der Waals surface area contributed by atoms with Gasteiger partial charge in [-0.15, -0.1) is 10.2 Å². The smallest absolute Gasteiger partial charge is 0.306 e. The monoisotopic (exact) mass is 435 g/mol. The van der Waals surface area contributed by atoms with Gasteiger partial charge in [-0.25, -0.2) is 0 Å². The number of aromatic nitrogens is 3. The van der Waals surface area contributed by atoms with E-state index in [1.165, 1.54) is 18.2 Å². The molecule has 0 fully saturated rings. The maximum Gasteiger partial charge on any atom is 0.306 e. The first kappa shape index (κ1) is 22.0. The molecule has 0 radical (unpaired) electrons. The Morgan fingerprint density at radius 3 is 2.66 bits per heavy atom. The number of hydrogen-bond acceptors (Lipinski definition) is 6. The van der Waals surface area contributed by atoms with E-state index in [4.69, 9.17) is 14.2 Å². The minimum absolute atomic E-state index is 0.197. The van der Waals surface area contributed by atoms with Crippen LogP contribution in [0.15, 0.2) is 48.8 Å². The summed E-state index contributed by atoms with van der Waals surface area (Å²) in [6.07, 6.45) is 5.24. The lowest BCUT2D eigenvalue weighted by Crippen LogP contribution is -2.21. The zero-order valence-corrected chi connectivity index (χ0v) is 18.8. The quantitative estimate of drug-likeness (QED) is 0.504. The number of benzene rings is 2. The van der Waals surface area contributed by atoms with Crippen molar-refractivity contribution in [2.45, 2.75) is 44.3 Å². The van der Waals surface area contributed by atoms with Gasteiger partial charge in [-0.1, -0.05) is 30.3 Å². The Kier molecular flexibility index (Phi) is 6.85. The first-order valence-corrected chi connectivity index (χ1v) is 10.8. The van der Waals surface area contributed by atoms with Crippen LogP contribution in [0, 0.1) is 0 Å². The van der Waals surface area contributed by atoms with Crippen molar-refractivity contribution in [3.05, 3.63) is 76.9 Å². The number of ether oxygens (including phenoxy) is 3. The summed E-state index contributed by atoms with van der Waals surface area (Å²) < 4.78 is 18.2. The number of carbonyl (C=O) groups excluding carboxylic acids is 1. The van der Waals surface area contributed by atoms with Crippen LogP contribution in [0.5, 0.6) is 5.75 Å². The number of nitrogens with zero attached hydrogens (tertiary/aromatic N) is 3. The molecule has 32 heavy (non-hydrogen) atoms. The van der Waals surface area contributed by atoms with E-state index in [-0.39, 0.29) is 18.3 Å². The molecule has 0 spiro atoms. The second-order valence-corrected chi connectivity index (χ2v) is 8.19. The van der Waals surface area contributed by atoms with Crippen LogP contribution in [0.25, 0.3) is 0 Å². The molecule has 1 aliphatic rings. The highest BCUT2D eigenvalue weighted by Crippen LogP contribution is 2.29. The lowest BCUT2D eigenvalue weighted by atomic mass is 9.88. The van der Waals surface area contributed by atoms with Crippen LogP contribution in [0.3, 0.4) is 0 Å². The van der Waals surface area contributed by atoms with Crippen LogP contribution in [0.4, 0.5) is 0 Å². The Hall–Kier alpha value is -3.19. The van der Waals surface area contributed by atoms with Gasteiger partial charge in [-0.2, -0.15) is 0 Å². The van der Waals surface area contributed by atoms with Crippen molar-refractivity contribution in [2.24, 2.45) is 7.05 Å². The number of methoxy groups -OCH3 is 2. The van der Waals surface area contributed by atoms with E-state index in [0.29, 0.717) is 18.5 Å². The van der Waals surface area contributed by atoms with Gasteiger partial charge in [-0.05, 0) is 53.6 Å². The topological polar surface area (TPSA) is 75.5 Å². The van der Waals surface area contributed by atoms with Crippen LogP contribution in [0.1, 0.15) is 46.8 Å². The number of aryl methyl sites for hydroxylation is 2. The molecule has 2 aromatic carbocycles. The molecule has 0 aliphatic heterocycles. The molecule has 0 bridgehead atoms. The fraction of sp³-hybridized carbons (Fsp3) is 0.400. The Bertz CT molecular complexity index is 1060. The van der Waals surface area contributed by atoms with E-state index in [1.54, 1.807) is 13.4 Å². The van der Waals surface area contributed by atoms with Crippen LogP contribution in [-0.4, -0.2) is 41.1 Å². The fourth-order valence-electron chi connectivity index (χ4n) is 4.24. The Labute approximate surface area is 188 Å². The Balaban J connectivity index is 1.43.